The van der Waals surface area contributed by atoms with Gasteiger partial charge in [0.25, 0.3) is 0 Å². The highest BCUT2D eigenvalue weighted by atomic mass is 16.6. The Balaban J connectivity index is 4.40. The first-order valence-electron chi connectivity index (χ1n) is 5.99. The van der Waals surface area contributed by atoms with E-state index in [0.29, 0.717) is 6.54 Å². The summed E-state index contributed by atoms with van der Waals surface area (Å²) in [6.07, 6.45) is 2.50. The number of ether oxygens (including phenoxy) is 1. The van der Waals surface area contributed by atoms with Crippen molar-refractivity contribution in [1.82, 2.24) is 5.32 Å². The van der Waals surface area contributed by atoms with Gasteiger partial charge >= 0.3 is 11.9 Å². The molecule has 0 radical (unpaired) electrons. The lowest BCUT2D eigenvalue weighted by molar-refractivity contribution is -0.158. The predicted molar refractivity (Wildman–Crippen MR) is 69.2 cm³/mol. The maximum absolute atomic E-state index is 11.9. The number of rotatable bonds is 6. The fourth-order valence-corrected chi connectivity index (χ4v) is 1.31. The molecule has 2 N–H and O–H groups in total. The minimum atomic E-state index is -1.00. The lowest BCUT2D eigenvalue weighted by Crippen LogP contribution is -2.44. The van der Waals surface area contributed by atoms with Crippen molar-refractivity contribution in [3.8, 4) is 0 Å². The molecule has 0 rings (SSSR count). The highest BCUT2D eigenvalue weighted by Crippen LogP contribution is 2.12. The minimum Gasteiger partial charge on any atom is -0.478 e. The van der Waals surface area contributed by atoms with Crippen LogP contribution in [0.2, 0.25) is 0 Å². The van der Waals surface area contributed by atoms with Crippen molar-refractivity contribution in [2.75, 3.05) is 6.54 Å². The van der Waals surface area contributed by atoms with Crippen LogP contribution >= 0.6 is 0 Å². The van der Waals surface area contributed by atoms with Crippen LogP contribution in [-0.4, -0.2) is 35.2 Å². The highest BCUT2D eigenvalue weighted by molar-refractivity contribution is 5.79. The zero-order chi connectivity index (χ0) is 14.3. The Morgan fingerprint density at radius 2 is 1.89 bits per heavy atom. The molecule has 0 unspecified atom stereocenters. The van der Waals surface area contributed by atoms with Gasteiger partial charge in [-0.25, -0.2) is 4.79 Å². The monoisotopic (exact) mass is 257 g/mol. The number of hydrogen-bond acceptors (Lipinski definition) is 4. The predicted octanol–water partition coefficient (Wildman–Crippen LogP) is 1.58. The fraction of sp³-hybridized carbons (Fsp3) is 0.692. The molecule has 0 aromatic carbocycles. The maximum Gasteiger partial charge on any atom is 0.328 e. The van der Waals surface area contributed by atoms with Crippen LogP contribution in [0.3, 0.4) is 0 Å². The van der Waals surface area contributed by atoms with Gasteiger partial charge in [-0.1, -0.05) is 19.9 Å². The third-order valence-corrected chi connectivity index (χ3v) is 2.04. The smallest absolute Gasteiger partial charge is 0.328 e. The van der Waals surface area contributed by atoms with Crippen molar-refractivity contribution in [3.05, 3.63) is 12.2 Å². The fourth-order valence-electron chi connectivity index (χ4n) is 1.31. The van der Waals surface area contributed by atoms with E-state index in [1.54, 1.807) is 0 Å². The number of esters is 1. The normalized spacial score (nSPS) is 13.9. The zero-order valence-electron chi connectivity index (χ0n) is 11.7. The summed E-state index contributed by atoms with van der Waals surface area (Å²) in [5, 5.41) is 11.4. The van der Waals surface area contributed by atoms with E-state index in [9.17, 15) is 9.59 Å². The van der Waals surface area contributed by atoms with Gasteiger partial charge in [-0.3, -0.25) is 4.79 Å². The number of hydrogen-bond donors (Lipinski definition) is 2. The second-order valence-electron chi connectivity index (χ2n) is 5.40. The number of carboxylic acid groups (broad SMARTS) is 1. The first-order valence-corrected chi connectivity index (χ1v) is 5.99. The summed E-state index contributed by atoms with van der Waals surface area (Å²) in [6, 6.07) is -0.442. The third kappa shape index (κ3) is 7.84. The van der Waals surface area contributed by atoms with Crippen LogP contribution in [0.25, 0.3) is 0 Å². The van der Waals surface area contributed by atoms with E-state index < -0.39 is 17.6 Å². The molecule has 0 amide bonds. The van der Waals surface area contributed by atoms with E-state index in [0.717, 1.165) is 6.08 Å². The van der Waals surface area contributed by atoms with Gasteiger partial charge in [-0.15, -0.1) is 0 Å². The SMILES string of the molecule is CC(C)[C@H](NC/C=C/C(=O)O)C(=O)OC(C)(C)C. The van der Waals surface area contributed by atoms with Crippen LogP contribution in [-0.2, 0) is 14.3 Å². The average molecular weight is 257 g/mol. The van der Waals surface area contributed by atoms with Crippen LogP contribution < -0.4 is 5.32 Å². The molecule has 0 aliphatic carbocycles. The third-order valence-electron chi connectivity index (χ3n) is 2.04. The summed E-state index contributed by atoms with van der Waals surface area (Å²) in [4.78, 5) is 22.2. The molecule has 0 spiro atoms. The van der Waals surface area contributed by atoms with Gasteiger partial charge in [0.05, 0.1) is 0 Å². The molecule has 0 bridgehead atoms. The Hall–Kier alpha value is -1.36. The number of carbonyl (C=O) groups excluding carboxylic acids is 1. The molecule has 18 heavy (non-hydrogen) atoms. The minimum absolute atomic E-state index is 0.0677. The molecule has 1 atom stereocenters. The van der Waals surface area contributed by atoms with Gasteiger partial charge in [-0.2, -0.15) is 0 Å². The van der Waals surface area contributed by atoms with E-state index in [2.05, 4.69) is 5.32 Å². The van der Waals surface area contributed by atoms with Gasteiger partial charge in [0.2, 0.25) is 0 Å². The molecular weight excluding hydrogens is 234 g/mol. The second-order valence-corrected chi connectivity index (χ2v) is 5.40. The summed E-state index contributed by atoms with van der Waals surface area (Å²) in [5.41, 5.74) is -0.525. The van der Waals surface area contributed by atoms with Crippen molar-refractivity contribution >= 4 is 11.9 Å². The van der Waals surface area contributed by atoms with E-state index >= 15 is 0 Å². The van der Waals surface area contributed by atoms with Gasteiger partial charge in [-0.05, 0) is 26.7 Å². The van der Waals surface area contributed by atoms with Crippen LogP contribution in [0.4, 0.5) is 0 Å². The molecule has 0 aromatic rings. The van der Waals surface area contributed by atoms with E-state index in [4.69, 9.17) is 9.84 Å². The molecule has 0 aromatic heterocycles. The van der Waals surface area contributed by atoms with Crippen molar-refractivity contribution in [1.29, 1.82) is 0 Å². The second kappa shape index (κ2) is 7.16. The Morgan fingerprint density at radius 1 is 1.33 bits per heavy atom. The zero-order valence-corrected chi connectivity index (χ0v) is 11.7. The van der Waals surface area contributed by atoms with E-state index in [1.807, 2.05) is 34.6 Å². The van der Waals surface area contributed by atoms with Gasteiger partial charge in [0, 0.05) is 12.6 Å². The molecule has 0 saturated heterocycles. The van der Waals surface area contributed by atoms with Crippen LogP contribution in [0.1, 0.15) is 34.6 Å². The maximum atomic E-state index is 11.9. The number of nitrogens with one attached hydrogen (secondary N) is 1. The Kier molecular flexibility index (Phi) is 6.62. The van der Waals surface area contributed by atoms with E-state index in [-0.39, 0.29) is 11.9 Å². The molecular formula is C13H23NO4. The van der Waals surface area contributed by atoms with Gasteiger partial charge in [0.15, 0.2) is 0 Å². The molecule has 5 heteroatoms. The quantitative estimate of drug-likeness (QED) is 0.558. The lowest BCUT2D eigenvalue weighted by atomic mass is 10.0. The number of carboxylic acids is 1. The van der Waals surface area contributed by atoms with Crippen LogP contribution in [0.5, 0.6) is 0 Å². The topological polar surface area (TPSA) is 75.6 Å². The molecule has 0 aliphatic rings. The lowest BCUT2D eigenvalue weighted by Gasteiger charge is -2.26. The molecule has 5 nitrogen and oxygen atoms in total. The summed E-state index contributed by atoms with van der Waals surface area (Å²) < 4.78 is 5.30. The van der Waals surface area contributed by atoms with E-state index in [1.165, 1.54) is 6.08 Å². The molecule has 0 heterocycles. The summed E-state index contributed by atoms with van der Waals surface area (Å²) in [6.45, 7) is 9.56. The number of carbonyl (C=O) groups is 2. The molecule has 0 fully saturated rings. The van der Waals surface area contributed by atoms with Crippen LogP contribution in [0, 0.1) is 5.92 Å². The Labute approximate surface area is 108 Å². The van der Waals surface area contributed by atoms with Crippen molar-refractivity contribution < 1.29 is 19.4 Å². The average Bonchev–Trinajstić information content (AvgIpc) is 2.12. The molecule has 0 aliphatic heterocycles. The summed E-state index contributed by atoms with van der Waals surface area (Å²) in [5.74, 6) is -1.26. The number of aliphatic carboxylic acids is 1. The van der Waals surface area contributed by atoms with Crippen LogP contribution in [0.15, 0.2) is 12.2 Å². The molecule has 0 saturated carbocycles. The van der Waals surface area contributed by atoms with Crippen molar-refractivity contribution in [2.45, 2.75) is 46.3 Å². The standard InChI is InChI=1S/C13H23NO4/c1-9(2)11(12(17)18-13(3,4)5)14-8-6-7-10(15)16/h6-7,9,11,14H,8H2,1-5H3,(H,15,16)/b7-6+/t11-/m0/s1. The highest BCUT2D eigenvalue weighted by Gasteiger charge is 2.26. The Bertz CT molecular complexity index is 315. The van der Waals surface area contributed by atoms with Crippen molar-refractivity contribution in [3.63, 3.8) is 0 Å². The van der Waals surface area contributed by atoms with Gasteiger partial charge in [0.1, 0.15) is 11.6 Å². The van der Waals surface area contributed by atoms with Crippen molar-refractivity contribution in [2.24, 2.45) is 5.92 Å². The summed E-state index contributed by atoms with van der Waals surface area (Å²) in [7, 11) is 0. The summed E-state index contributed by atoms with van der Waals surface area (Å²) >= 11 is 0. The first-order chi connectivity index (χ1) is 8.13. The molecule has 104 valence electrons. The van der Waals surface area contributed by atoms with Gasteiger partial charge < -0.3 is 15.2 Å². The largest absolute Gasteiger partial charge is 0.478 e. The Morgan fingerprint density at radius 3 is 2.28 bits per heavy atom. The first kappa shape index (κ1) is 16.6.